The molecule has 0 aliphatic heterocycles. The van der Waals surface area contributed by atoms with E-state index in [4.69, 9.17) is 22.4 Å². The lowest BCUT2D eigenvalue weighted by Crippen LogP contribution is -2.42. The maximum Gasteiger partial charge on any atom is 0.347 e. The molecule has 178 valence electrons. The molecule has 0 saturated heterocycles. The average Bonchev–Trinajstić information content (AvgIpc) is 3.16. The van der Waals surface area contributed by atoms with Gasteiger partial charge in [0.05, 0.1) is 10.9 Å². The van der Waals surface area contributed by atoms with Gasteiger partial charge < -0.3 is 21.1 Å². The predicted molar refractivity (Wildman–Crippen MR) is 130 cm³/mol. The number of amides is 2. The first-order valence-corrected chi connectivity index (χ1v) is 12.2. The first kappa shape index (κ1) is 25.2. The number of hydrogen-bond acceptors (Lipinski definition) is 5. The molecule has 0 bridgehead atoms. The van der Waals surface area contributed by atoms with Gasteiger partial charge in [0.1, 0.15) is 4.88 Å². The van der Waals surface area contributed by atoms with Gasteiger partial charge in [0.2, 0.25) is 5.91 Å². The molecule has 2 atom stereocenters. The summed E-state index contributed by atoms with van der Waals surface area (Å²) in [6.07, 6.45) is 4.94. The third kappa shape index (κ3) is 6.34. The second-order valence-corrected chi connectivity index (χ2v) is 10.3. The van der Waals surface area contributed by atoms with E-state index in [2.05, 4.69) is 36.4 Å². The molecule has 2 aromatic rings. The van der Waals surface area contributed by atoms with Gasteiger partial charge in [0.25, 0.3) is 5.91 Å². The summed E-state index contributed by atoms with van der Waals surface area (Å²) in [4.78, 5) is 36.5. The lowest BCUT2D eigenvalue weighted by molar-refractivity contribution is -0.122. The number of carboxylic acids is 1. The van der Waals surface area contributed by atoms with Crippen molar-refractivity contribution in [1.82, 2.24) is 10.2 Å². The Labute approximate surface area is 202 Å². The van der Waals surface area contributed by atoms with Crippen LogP contribution in [0.3, 0.4) is 0 Å². The molecule has 2 unspecified atom stereocenters. The minimum Gasteiger partial charge on any atom is -0.477 e. The maximum atomic E-state index is 12.5. The van der Waals surface area contributed by atoms with Crippen LogP contribution in [-0.4, -0.2) is 54.5 Å². The molecule has 0 radical (unpaired) electrons. The topological polar surface area (TPSA) is 113 Å². The van der Waals surface area contributed by atoms with Gasteiger partial charge in [-0.25, -0.2) is 4.79 Å². The molecular weight excluding hydrogens is 462 g/mol. The Hall–Kier alpha value is -2.42. The zero-order chi connectivity index (χ0) is 24.2. The van der Waals surface area contributed by atoms with Crippen LogP contribution in [0.25, 0.3) is 0 Å². The van der Waals surface area contributed by atoms with Gasteiger partial charge in [-0.15, -0.1) is 11.3 Å². The van der Waals surface area contributed by atoms with Gasteiger partial charge >= 0.3 is 5.97 Å². The molecule has 9 heteroatoms. The highest BCUT2D eigenvalue weighted by Gasteiger charge is 2.44. The molecule has 2 amide bonds. The first-order valence-electron chi connectivity index (χ1n) is 10.9. The Morgan fingerprint density at radius 2 is 1.85 bits per heavy atom. The minimum atomic E-state index is -0.963. The number of benzene rings is 1. The summed E-state index contributed by atoms with van der Waals surface area (Å²) in [6, 6.07) is 9.38. The van der Waals surface area contributed by atoms with Crippen LogP contribution < -0.4 is 11.1 Å². The van der Waals surface area contributed by atoms with Gasteiger partial charge in [-0.2, -0.15) is 0 Å². The molecule has 2 fully saturated rings. The van der Waals surface area contributed by atoms with Crippen molar-refractivity contribution in [2.75, 3.05) is 20.6 Å². The maximum absolute atomic E-state index is 12.5. The largest absolute Gasteiger partial charge is 0.477 e. The monoisotopic (exact) mass is 491 g/mol. The van der Waals surface area contributed by atoms with Crippen LogP contribution >= 0.6 is 22.9 Å². The number of likely N-dealkylation sites (N-methyl/N-ethyl adjacent to an activating group) is 1. The highest BCUT2D eigenvalue weighted by atomic mass is 35.5. The molecule has 1 heterocycles. The number of primary amides is 1. The number of hydrogen-bond donors (Lipinski definition) is 3. The molecule has 2 aliphatic carbocycles. The van der Waals surface area contributed by atoms with Crippen LogP contribution in [0, 0.1) is 5.92 Å². The summed E-state index contributed by atoms with van der Waals surface area (Å²) < 4.78 is 0. The minimum absolute atomic E-state index is 0.114. The summed E-state index contributed by atoms with van der Waals surface area (Å²) in [5.41, 5.74) is 7.64. The summed E-state index contributed by atoms with van der Waals surface area (Å²) in [7, 11) is 4.19. The Balaban J connectivity index is 0.000000286. The number of nitrogens with one attached hydrogen (secondary N) is 1. The van der Waals surface area contributed by atoms with Crippen LogP contribution in [0.15, 0.2) is 35.7 Å². The number of rotatable bonds is 7. The van der Waals surface area contributed by atoms with Crippen molar-refractivity contribution in [2.45, 2.75) is 43.6 Å². The fourth-order valence-electron chi connectivity index (χ4n) is 4.44. The van der Waals surface area contributed by atoms with E-state index in [0.717, 1.165) is 37.1 Å². The standard InChI is InChI=1S/C19H27N3O2.C5H3ClO2S/c1-22(2)12-19(10-11-19)14-8-6-13(7-9-14)18(24)21-16-5-3-4-15(16)17(20)23;6-3-1-2-9-4(3)5(7)8/h6-9,15-16H,3-5,10-12H2,1-2H3,(H2,20,23)(H,21,24);1-2H,(H,7,8). The van der Waals surface area contributed by atoms with E-state index in [1.165, 1.54) is 18.4 Å². The van der Waals surface area contributed by atoms with E-state index in [1.54, 1.807) is 11.4 Å². The van der Waals surface area contributed by atoms with Crippen LogP contribution in [0.4, 0.5) is 0 Å². The Morgan fingerprint density at radius 3 is 2.30 bits per heavy atom. The number of thiophene rings is 1. The molecule has 4 rings (SSSR count). The van der Waals surface area contributed by atoms with Crippen molar-refractivity contribution in [1.29, 1.82) is 0 Å². The van der Waals surface area contributed by atoms with Crippen molar-refractivity contribution < 1.29 is 19.5 Å². The van der Waals surface area contributed by atoms with Crippen LogP contribution in [0.1, 0.15) is 57.7 Å². The third-order valence-corrected chi connectivity index (χ3v) is 7.57. The number of aromatic carboxylic acids is 1. The highest BCUT2D eigenvalue weighted by Crippen LogP contribution is 2.48. The number of nitrogens with two attached hydrogens (primary N) is 1. The zero-order valence-corrected chi connectivity index (χ0v) is 20.4. The number of carbonyl (C=O) groups excluding carboxylic acids is 2. The van der Waals surface area contributed by atoms with Crippen molar-refractivity contribution in [3.8, 4) is 0 Å². The fraction of sp³-hybridized carbons (Fsp3) is 0.458. The van der Waals surface area contributed by atoms with Gasteiger partial charge in [-0.1, -0.05) is 30.2 Å². The molecule has 0 spiro atoms. The van der Waals surface area contributed by atoms with E-state index in [-0.39, 0.29) is 34.1 Å². The normalized spacial score (nSPS) is 20.6. The Bertz CT molecular complexity index is 1000. The molecule has 7 nitrogen and oxygen atoms in total. The van der Waals surface area contributed by atoms with Crippen molar-refractivity contribution in [3.63, 3.8) is 0 Å². The quantitative estimate of drug-likeness (QED) is 0.545. The number of nitrogens with zero attached hydrogens (tertiary/aromatic N) is 1. The summed E-state index contributed by atoms with van der Waals surface area (Å²) in [5.74, 6) is -1.62. The smallest absolute Gasteiger partial charge is 0.347 e. The van der Waals surface area contributed by atoms with Gasteiger partial charge in [-0.05, 0) is 68.9 Å². The molecule has 33 heavy (non-hydrogen) atoms. The Kier molecular flexibility index (Phi) is 8.15. The van der Waals surface area contributed by atoms with Crippen molar-refractivity contribution in [3.05, 3.63) is 56.7 Å². The van der Waals surface area contributed by atoms with Crippen molar-refractivity contribution in [2.24, 2.45) is 11.7 Å². The van der Waals surface area contributed by atoms with E-state index in [9.17, 15) is 14.4 Å². The number of carbonyl (C=O) groups is 3. The summed E-state index contributed by atoms with van der Waals surface area (Å²) in [5, 5.41) is 13.3. The summed E-state index contributed by atoms with van der Waals surface area (Å²) >= 11 is 6.59. The van der Waals surface area contributed by atoms with E-state index >= 15 is 0 Å². The predicted octanol–water partition coefficient (Wildman–Crippen LogP) is 3.76. The molecule has 2 saturated carbocycles. The lowest BCUT2D eigenvalue weighted by Gasteiger charge is -2.21. The van der Waals surface area contributed by atoms with Crippen LogP contribution in [0.5, 0.6) is 0 Å². The van der Waals surface area contributed by atoms with Gasteiger partial charge in [0, 0.05) is 23.6 Å². The van der Waals surface area contributed by atoms with E-state index in [1.807, 2.05) is 12.1 Å². The molecule has 1 aromatic carbocycles. The SMILES string of the molecule is CN(C)CC1(c2ccc(C(=O)NC3CCCC3C(N)=O)cc2)CC1.O=C(O)c1sccc1Cl. The third-order valence-electron chi connectivity index (χ3n) is 6.24. The van der Waals surface area contributed by atoms with Crippen LogP contribution in [-0.2, 0) is 10.2 Å². The Morgan fingerprint density at radius 1 is 1.18 bits per heavy atom. The fourth-order valence-corrected chi connectivity index (χ4v) is 5.41. The summed E-state index contributed by atoms with van der Waals surface area (Å²) in [6.45, 7) is 1.04. The first-order chi connectivity index (χ1) is 15.6. The van der Waals surface area contributed by atoms with Crippen molar-refractivity contribution >= 4 is 40.7 Å². The average molecular weight is 492 g/mol. The lowest BCUT2D eigenvalue weighted by atomic mass is 9.94. The molecule has 2 aliphatic rings. The van der Waals surface area contributed by atoms with Gasteiger partial charge in [0.15, 0.2) is 0 Å². The molecule has 1 aromatic heterocycles. The van der Waals surface area contributed by atoms with Gasteiger partial charge in [-0.3, -0.25) is 9.59 Å². The zero-order valence-electron chi connectivity index (χ0n) is 18.8. The molecule has 4 N–H and O–H groups in total. The number of halogens is 1. The second kappa shape index (κ2) is 10.7. The second-order valence-electron chi connectivity index (χ2n) is 9.02. The van der Waals surface area contributed by atoms with Crippen LogP contribution in [0.2, 0.25) is 5.02 Å². The van der Waals surface area contributed by atoms with E-state index < -0.39 is 5.97 Å². The number of carboxylic acid groups (broad SMARTS) is 1. The van der Waals surface area contributed by atoms with E-state index in [0.29, 0.717) is 10.6 Å². The highest BCUT2D eigenvalue weighted by molar-refractivity contribution is 7.12. The molecular formula is C24H30ClN3O4S.